The molecule has 0 aliphatic heterocycles. The number of anilines is 1. The third-order valence-corrected chi connectivity index (χ3v) is 4.09. The maximum absolute atomic E-state index is 12.7. The largest absolute Gasteiger partial charge is 0.421 e. The number of amides is 1. The molecular formula is C18H20BrNO3. The van der Waals surface area contributed by atoms with Gasteiger partial charge in [-0.2, -0.15) is 0 Å². The van der Waals surface area contributed by atoms with E-state index in [1.807, 2.05) is 32.9 Å². The zero-order valence-electron chi connectivity index (χ0n) is 13.6. The topological polar surface area (TPSA) is 50.5 Å². The normalized spacial score (nSPS) is 11.5. The zero-order valence-corrected chi connectivity index (χ0v) is 15.1. The van der Waals surface area contributed by atoms with Gasteiger partial charge in [0.25, 0.3) is 0 Å². The number of benzene rings is 1. The van der Waals surface area contributed by atoms with Gasteiger partial charge < -0.3 is 9.32 Å². The maximum atomic E-state index is 12.7. The lowest BCUT2D eigenvalue weighted by atomic mass is 9.91. The van der Waals surface area contributed by atoms with E-state index in [1.54, 1.807) is 18.2 Å². The van der Waals surface area contributed by atoms with Crippen molar-refractivity contribution < 1.29 is 9.21 Å². The van der Waals surface area contributed by atoms with E-state index in [-0.39, 0.29) is 23.6 Å². The Balaban J connectivity index is 2.59. The molecule has 2 rings (SSSR count). The second-order valence-corrected chi connectivity index (χ2v) is 7.37. The summed E-state index contributed by atoms with van der Waals surface area (Å²) in [4.78, 5) is 26.5. The van der Waals surface area contributed by atoms with E-state index in [9.17, 15) is 9.59 Å². The second-order valence-electron chi connectivity index (χ2n) is 6.58. The van der Waals surface area contributed by atoms with Gasteiger partial charge in [-0.05, 0) is 27.4 Å². The molecule has 1 heterocycles. The molecule has 0 saturated carbocycles. The molecule has 4 nitrogen and oxygen atoms in total. The molecule has 0 atom stereocenters. The molecule has 0 saturated heterocycles. The minimum absolute atomic E-state index is 0.138. The summed E-state index contributed by atoms with van der Waals surface area (Å²) in [6.07, 6.45) is 1.92. The molecule has 2 aromatic rings. The first-order valence-corrected chi connectivity index (χ1v) is 8.16. The molecule has 0 aliphatic carbocycles. The van der Waals surface area contributed by atoms with Crippen LogP contribution in [0.3, 0.4) is 0 Å². The molecule has 0 fully saturated rings. The predicted molar refractivity (Wildman–Crippen MR) is 96.8 cm³/mol. The van der Waals surface area contributed by atoms with Crippen molar-refractivity contribution in [3.63, 3.8) is 0 Å². The lowest BCUT2D eigenvalue weighted by Gasteiger charge is -2.26. The van der Waals surface area contributed by atoms with Gasteiger partial charge in [0.05, 0.1) is 4.47 Å². The molecule has 0 bridgehead atoms. The molecule has 1 amide bonds. The van der Waals surface area contributed by atoms with Crippen molar-refractivity contribution in [3.8, 4) is 0 Å². The molecule has 0 unspecified atom stereocenters. The third-order valence-electron chi connectivity index (χ3n) is 3.29. The summed E-state index contributed by atoms with van der Waals surface area (Å²) in [6.45, 7) is 9.87. The first-order valence-electron chi connectivity index (χ1n) is 7.37. The van der Waals surface area contributed by atoms with Gasteiger partial charge in [0, 0.05) is 18.4 Å². The summed E-state index contributed by atoms with van der Waals surface area (Å²) >= 11 is 3.46. The van der Waals surface area contributed by atoms with Crippen LogP contribution in [-0.2, 0) is 4.79 Å². The van der Waals surface area contributed by atoms with Crippen molar-refractivity contribution in [2.24, 2.45) is 5.41 Å². The van der Waals surface area contributed by atoms with E-state index in [0.29, 0.717) is 16.5 Å². The summed E-state index contributed by atoms with van der Waals surface area (Å²) < 4.78 is 5.93. The number of rotatable bonds is 4. The Kier molecular flexibility index (Phi) is 5.09. The lowest BCUT2D eigenvalue weighted by Crippen LogP contribution is -2.37. The van der Waals surface area contributed by atoms with Gasteiger partial charge in [-0.3, -0.25) is 4.79 Å². The molecule has 5 heteroatoms. The molecule has 122 valence electrons. The van der Waals surface area contributed by atoms with Crippen molar-refractivity contribution in [2.45, 2.75) is 27.2 Å². The highest BCUT2D eigenvalue weighted by molar-refractivity contribution is 9.10. The number of hydrogen-bond donors (Lipinski definition) is 0. The van der Waals surface area contributed by atoms with Crippen LogP contribution in [0.15, 0.2) is 50.6 Å². The summed E-state index contributed by atoms with van der Waals surface area (Å²) in [6, 6.07) is 7.21. The van der Waals surface area contributed by atoms with Crippen LogP contribution in [0, 0.1) is 5.41 Å². The van der Waals surface area contributed by atoms with Crippen LogP contribution in [0.4, 0.5) is 5.69 Å². The van der Waals surface area contributed by atoms with Gasteiger partial charge in [0.2, 0.25) is 5.91 Å². The quantitative estimate of drug-likeness (QED) is 0.581. The minimum Gasteiger partial charge on any atom is -0.421 e. The van der Waals surface area contributed by atoms with Crippen LogP contribution >= 0.6 is 15.9 Å². The number of fused-ring (bicyclic) bond motifs is 1. The van der Waals surface area contributed by atoms with Gasteiger partial charge in [-0.1, -0.05) is 45.0 Å². The van der Waals surface area contributed by atoms with Gasteiger partial charge in [0.15, 0.2) is 0 Å². The van der Waals surface area contributed by atoms with Crippen LogP contribution in [-0.4, -0.2) is 12.5 Å². The fourth-order valence-electron chi connectivity index (χ4n) is 2.33. The smallest absolute Gasteiger partial charge is 0.361 e. The van der Waals surface area contributed by atoms with Gasteiger partial charge in [-0.25, -0.2) is 4.79 Å². The lowest BCUT2D eigenvalue weighted by molar-refractivity contribution is -0.120. The second kappa shape index (κ2) is 6.71. The third kappa shape index (κ3) is 3.91. The summed E-state index contributed by atoms with van der Waals surface area (Å²) in [5, 5.41) is 0.750. The number of hydrogen-bond acceptors (Lipinski definition) is 3. The molecular weight excluding hydrogens is 358 g/mol. The predicted octanol–water partition coefficient (Wildman–Crippen LogP) is 4.51. The van der Waals surface area contributed by atoms with Crippen LogP contribution in [0.1, 0.15) is 27.2 Å². The Bertz CT molecular complexity index is 802. The Hall–Kier alpha value is -1.88. The van der Waals surface area contributed by atoms with Crippen molar-refractivity contribution in [3.05, 3.63) is 51.8 Å². The Labute approximate surface area is 143 Å². The van der Waals surface area contributed by atoms with Crippen LogP contribution < -0.4 is 10.5 Å². The summed E-state index contributed by atoms with van der Waals surface area (Å²) in [5.74, 6) is -0.138. The number of carbonyl (C=O) groups is 1. The summed E-state index contributed by atoms with van der Waals surface area (Å²) in [7, 11) is 0. The number of nitrogens with zero attached hydrogens (tertiary/aromatic N) is 1. The minimum atomic E-state index is -0.542. The fourth-order valence-corrected chi connectivity index (χ4v) is 3.03. The number of para-hydroxylation sites is 1. The highest BCUT2D eigenvalue weighted by atomic mass is 79.9. The van der Waals surface area contributed by atoms with Crippen LogP contribution in [0.25, 0.3) is 11.0 Å². The zero-order chi connectivity index (χ0) is 17.2. The highest BCUT2D eigenvalue weighted by Gasteiger charge is 2.26. The van der Waals surface area contributed by atoms with Crippen molar-refractivity contribution in [1.82, 2.24) is 0 Å². The first kappa shape index (κ1) is 17.5. The number of halogens is 1. The number of carbonyl (C=O) groups excluding carboxylic acids is 1. The molecule has 0 spiro atoms. The average molecular weight is 378 g/mol. The molecule has 0 N–H and O–H groups in total. The van der Waals surface area contributed by atoms with Crippen LogP contribution in [0.2, 0.25) is 0 Å². The summed E-state index contributed by atoms with van der Waals surface area (Å²) in [5.41, 5.74) is -0.0208. The Morgan fingerprint density at radius 3 is 2.61 bits per heavy atom. The van der Waals surface area contributed by atoms with E-state index >= 15 is 0 Å². The van der Waals surface area contributed by atoms with E-state index < -0.39 is 5.63 Å². The monoisotopic (exact) mass is 377 g/mol. The van der Waals surface area contributed by atoms with Gasteiger partial charge in [0.1, 0.15) is 11.3 Å². The molecule has 0 radical (unpaired) electrons. The van der Waals surface area contributed by atoms with Gasteiger partial charge >= 0.3 is 5.63 Å². The van der Waals surface area contributed by atoms with Crippen molar-refractivity contribution in [1.29, 1.82) is 0 Å². The van der Waals surface area contributed by atoms with Gasteiger partial charge in [-0.15, -0.1) is 6.58 Å². The molecule has 23 heavy (non-hydrogen) atoms. The van der Waals surface area contributed by atoms with Crippen molar-refractivity contribution in [2.75, 3.05) is 11.4 Å². The Morgan fingerprint density at radius 1 is 1.35 bits per heavy atom. The van der Waals surface area contributed by atoms with E-state index in [2.05, 4.69) is 22.5 Å². The van der Waals surface area contributed by atoms with E-state index in [4.69, 9.17) is 4.42 Å². The SMILES string of the molecule is C=CCN(C(=O)CC(C)(C)C)c1c(Br)c2ccccc2oc1=O. The first-order chi connectivity index (χ1) is 10.7. The standard InChI is InChI=1S/C18H20BrNO3/c1-5-10-20(14(21)11-18(2,3)4)16-15(19)12-8-6-7-9-13(12)23-17(16)22/h5-9H,1,10-11H2,2-4H3. The van der Waals surface area contributed by atoms with E-state index in [0.717, 1.165) is 5.39 Å². The fraction of sp³-hybridized carbons (Fsp3) is 0.333. The molecule has 0 aliphatic rings. The maximum Gasteiger partial charge on any atom is 0.361 e. The highest BCUT2D eigenvalue weighted by Crippen LogP contribution is 2.32. The van der Waals surface area contributed by atoms with Crippen molar-refractivity contribution >= 4 is 38.5 Å². The molecule has 1 aromatic heterocycles. The average Bonchev–Trinajstić information content (AvgIpc) is 2.44. The molecule has 1 aromatic carbocycles. The van der Waals surface area contributed by atoms with E-state index in [1.165, 1.54) is 4.90 Å². The Morgan fingerprint density at radius 2 is 2.00 bits per heavy atom. The van der Waals surface area contributed by atoms with Crippen LogP contribution in [0.5, 0.6) is 0 Å².